The molecule has 0 unspecified atom stereocenters. The number of hydrogen-bond acceptors (Lipinski definition) is 6. The maximum absolute atomic E-state index is 5.32. The Morgan fingerprint density at radius 3 is 3.08 bits per heavy atom. The minimum Gasteiger partial charge on any atom is -0.368 e. The number of hydrazine groups is 1. The summed E-state index contributed by atoms with van der Waals surface area (Å²) in [6.07, 6.45) is 0. The van der Waals surface area contributed by atoms with Gasteiger partial charge in [0.25, 0.3) is 5.95 Å². The Hall–Kier alpha value is -2.19. The first-order chi connectivity index (χ1) is 5.83. The van der Waals surface area contributed by atoms with Gasteiger partial charge in [0.05, 0.1) is 0 Å². The van der Waals surface area contributed by atoms with Crippen molar-refractivity contribution >= 4 is 18.6 Å². The molecule has 0 fully saturated rings. The lowest BCUT2D eigenvalue weighted by molar-refractivity contribution is 0.699. The molecule has 0 aliphatic heterocycles. The van der Waals surface area contributed by atoms with Gasteiger partial charge < -0.3 is 5.73 Å². The number of guanidine groups is 1. The van der Waals surface area contributed by atoms with Crippen LogP contribution in [0.1, 0.15) is 0 Å². The van der Waals surface area contributed by atoms with Crippen LogP contribution in [0.3, 0.4) is 0 Å². The van der Waals surface area contributed by atoms with E-state index >= 15 is 0 Å². The van der Waals surface area contributed by atoms with E-state index in [2.05, 4.69) is 48.4 Å². The first-order valence-corrected chi connectivity index (χ1v) is 2.87. The van der Waals surface area contributed by atoms with Crippen LogP contribution in [-0.2, 0) is 0 Å². The topological polar surface area (TPSA) is 129 Å². The molecule has 0 bridgehead atoms. The summed E-state index contributed by atoms with van der Waals surface area (Å²) in [5.41, 5.74) is 10.00. The van der Waals surface area contributed by atoms with Gasteiger partial charge in [-0.25, -0.2) is 5.53 Å². The molecule has 0 aromatic carbocycles. The van der Waals surface area contributed by atoms with Gasteiger partial charge in [0.2, 0.25) is 5.96 Å². The predicted molar refractivity (Wildman–Crippen MR) is 41.3 cm³/mol. The van der Waals surface area contributed by atoms with Gasteiger partial charge in [0.15, 0.2) is 0 Å². The van der Waals surface area contributed by atoms with Gasteiger partial charge in [-0.15, -0.1) is 5.10 Å². The van der Waals surface area contributed by atoms with E-state index in [4.69, 9.17) is 5.73 Å². The third kappa shape index (κ3) is 2.21. The molecule has 12 heavy (non-hydrogen) atoms. The Morgan fingerprint density at radius 1 is 1.67 bits per heavy atom. The van der Waals surface area contributed by atoms with Gasteiger partial charge in [-0.05, 0) is 5.21 Å². The number of hydrazone groups is 1. The maximum Gasteiger partial charge on any atom is 0.292 e. The van der Waals surface area contributed by atoms with Crippen molar-refractivity contribution in [3.63, 3.8) is 0 Å². The lowest BCUT2D eigenvalue weighted by atomic mass is 11.0. The Morgan fingerprint density at radius 2 is 2.50 bits per heavy atom. The van der Waals surface area contributed by atoms with Crippen LogP contribution in [0.25, 0.3) is 0 Å². The second kappa shape index (κ2) is 3.85. The molecule has 0 saturated heterocycles. The van der Waals surface area contributed by atoms with Crippen LogP contribution in [0.5, 0.6) is 0 Å². The van der Waals surface area contributed by atoms with E-state index in [1.54, 1.807) is 0 Å². The van der Waals surface area contributed by atoms with Crippen LogP contribution in [0.2, 0.25) is 0 Å². The van der Waals surface area contributed by atoms with Crippen molar-refractivity contribution in [2.45, 2.75) is 0 Å². The van der Waals surface area contributed by atoms with E-state index in [1.807, 2.05) is 0 Å². The quantitative estimate of drug-likeness (QED) is 0.232. The van der Waals surface area contributed by atoms with Crippen molar-refractivity contribution in [1.82, 2.24) is 31.6 Å². The summed E-state index contributed by atoms with van der Waals surface area (Å²) >= 11 is 0. The second-order valence-electron chi connectivity index (χ2n) is 1.60. The summed E-state index contributed by atoms with van der Waals surface area (Å²) in [5.74, 6) is 0.190. The summed E-state index contributed by atoms with van der Waals surface area (Å²) in [6.45, 7) is 3.15. The van der Waals surface area contributed by atoms with E-state index in [0.717, 1.165) is 0 Å². The van der Waals surface area contributed by atoms with E-state index in [0.29, 0.717) is 0 Å². The van der Waals surface area contributed by atoms with Crippen molar-refractivity contribution in [3.05, 3.63) is 0 Å². The Balaban J connectivity index is 2.51. The highest BCUT2D eigenvalue weighted by atomic mass is 15.6. The molecule has 0 aliphatic carbocycles. The SMILES string of the molecule is C=NNNC(N)=Nc1nn[nH]n1. The van der Waals surface area contributed by atoms with Gasteiger partial charge in [0.1, 0.15) is 0 Å². The van der Waals surface area contributed by atoms with Crippen molar-refractivity contribution in [3.8, 4) is 0 Å². The molecular weight excluding hydrogens is 162 g/mol. The summed E-state index contributed by atoms with van der Waals surface area (Å²) in [5, 5.41) is 15.8. The molecular formula is C3H7N9. The number of aliphatic imine (C=N–C) groups is 1. The van der Waals surface area contributed by atoms with E-state index in [9.17, 15) is 0 Å². The van der Waals surface area contributed by atoms with Crippen molar-refractivity contribution < 1.29 is 0 Å². The minimum atomic E-state index is 0.0591. The summed E-state index contributed by atoms with van der Waals surface area (Å²) in [4.78, 5) is 3.67. The van der Waals surface area contributed by atoms with Crippen LogP contribution >= 0.6 is 0 Å². The van der Waals surface area contributed by atoms with Crippen molar-refractivity contribution in [1.29, 1.82) is 0 Å². The highest BCUT2D eigenvalue weighted by Gasteiger charge is 1.94. The molecule has 0 atom stereocenters. The second-order valence-corrected chi connectivity index (χ2v) is 1.60. The largest absolute Gasteiger partial charge is 0.368 e. The average molecular weight is 169 g/mol. The third-order valence-electron chi connectivity index (χ3n) is 0.818. The number of aromatic nitrogens is 4. The van der Waals surface area contributed by atoms with Gasteiger partial charge in [-0.2, -0.15) is 15.3 Å². The van der Waals surface area contributed by atoms with Crippen LogP contribution in [0.15, 0.2) is 10.1 Å². The van der Waals surface area contributed by atoms with Gasteiger partial charge in [-0.3, -0.25) is 5.43 Å². The fourth-order valence-corrected chi connectivity index (χ4v) is 0.436. The molecule has 0 amide bonds. The lowest BCUT2D eigenvalue weighted by Gasteiger charge is -1.99. The first kappa shape index (κ1) is 7.91. The van der Waals surface area contributed by atoms with Crippen LogP contribution in [-0.4, -0.2) is 33.3 Å². The maximum atomic E-state index is 5.32. The molecule has 9 nitrogen and oxygen atoms in total. The molecule has 5 N–H and O–H groups in total. The number of nitrogens with one attached hydrogen (secondary N) is 3. The first-order valence-electron chi connectivity index (χ1n) is 2.87. The Bertz CT molecular complexity index is 259. The molecule has 1 rings (SSSR count). The van der Waals surface area contributed by atoms with E-state index in [-0.39, 0.29) is 11.9 Å². The molecule has 64 valence electrons. The summed E-state index contributed by atoms with van der Waals surface area (Å²) in [6, 6.07) is 0. The fraction of sp³-hybridized carbons (Fsp3) is 0. The molecule has 9 heteroatoms. The highest BCUT2D eigenvalue weighted by Crippen LogP contribution is 1.93. The number of hydrogen-bond donors (Lipinski definition) is 4. The molecule has 0 radical (unpaired) electrons. The van der Waals surface area contributed by atoms with Crippen LogP contribution in [0, 0.1) is 0 Å². The summed E-state index contributed by atoms with van der Waals surface area (Å²) < 4.78 is 0. The molecule has 0 saturated carbocycles. The number of rotatable bonds is 3. The number of H-pyrrole nitrogens is 1. The zero-order chi connectivity index (χ0) is 8.81. The van der Waals surface area contributed by atoms with E-state index in [1.165, 1.54) is 0 Å². The molecule has 1 aromatic heterocycles. The van der Waals surface area contributed by atoms with Crippen LogP contribution in [0.4, 0.5) is 5.95 Å². The fourth-order valence-electron chi connectivity index (χ4n) is 0.436. The molecule has 1 aromatic rings. The molecule has 1 heterocycles. The van der Waals surface area contributed by atoms with Crippen LogP contribution < -0.4 is 16.7 Å². The van der Waals surface area contributed by atoms with Crippen molar-refractivity contribution in [2.24, 2.45) is 15.8 Å². The molecule has 0 spiro atoms. The monoisotopic (exact) mass is 169 g/mol. The zero-order valence-electron chi connectivity index (χ0n) is 6.02. The third-order valence-corrected chi connectivity index (χ3v) is 0.818. The Labute approximate surface area is 67.1 Å². The number of tetrazole rings is 1. The normalized spacial score (nSPS) is 10.8. The average Bonchev–Trinajstić information content (AvgIpc) is 2.53. The van der Waals surface area contributed by atoms with Gasteiger partial charge >= 0.3 is 0 Å². The number of aromatic amines is 1. The highest BCUT2D eigenvalue weighted by molar-refractivity contribution is 5.79. The van der Waals surface area contributed by atoms with Crippen molar-refractivity contribution in [2.75, 3.05) is 0 Å². The minimum absolute atomic E-state index is 0.0591. The predicted octanol–water partition coefficient (Wildman–Crippen LogP) is -2.14. The summed E-state index contributed by atoms with van der Waals surface area (Å²) in [7, 11) is 0. The van der Waals surface area contributed by atoms with Gasteiger partial charge in [-0.1, -0.05) is 5.10 Å². The molecule has 0 aliphatic rings. The standard InChI is InChI=1S/C3H7N9/c1-5-10-7-2(4)6-3-8-11-12-9-3/h10H,1H2,(H4,4,6,7,8,9,11,12). The zero-order valence-corrected chi connectivity index (χ0v) is 6.02. The van der Waals surface area contributed by atoms with Gasteiger partial charge in [0, 0.05) is 6.72 Å². The number of nitrogens with zero attached hydrogens (tertiary/aromatic N) is 5. The smallest absolute Gasteiger partial charge is 0.292 e. The number of nitrogens with two attached hydrogens (primary N) is 1. The Kier molecular flexibility index (Phi) is 2.54. The van der Waals surface area contributed by atoms with E-state index < -0.39 is 0 Å². The lowest BCUT2D eigenvalue weighted by Crippen LogP contribution is -2.39.